The fraction of sp³-hybridized carbons (Fsp3) is 0.857. The average molecular weight is 268 g/mol. The zero-order chi connectivity index (χ0) is 13.9. The van der Waals surface area contributed by atoms with E-state index in [0.717, 1.165) is 19.5 Å². The maximum absolute atomic E-state index is 12.2. The third-order valence-corrected chi connectivity index (χ3v) is 4.61. The van der Waals surface area contributed by atoms with Crippen LogP contribution in [0.2, 0.25) is 0 Å². The minimum absolute atomic E-state index is 0.0105. The Bertz CT molecular complexity index is 351. The van der Waals surface area contributed by atoms with Crippen molar-refractivity contribution < 1.29 is 14.7 Å². The number of carbonyl (C=O) groups is 2. The van der Waals surface area contributed by atoms with Crippen molar-refractivity contribution >= 4 is 12.0 Å². The fourth-order valence-corrected chi connectivity index (χ4v) is 3.41. The molecule has 5 heteroatoms. The number of aliphatic carboxylic acids is 1. The Balaban J connectivity index is 1.85. The van der Waals surface area contributed by atoms with E-state index in [9.17, 15) is 9.59 Å². The molecule has 1 spiro atoms. The summed E-state index contributed by atoms with van der Waals surface area (Å²) in [6, 6.07) is -0.0105. The fourth-order valence-electron chi connectivity index (χ4n) is 3.41. The molecule has 0 radical (unpaired) electrons. The molecule has 0 aromatic carbocycles. The van der Waals surface area contributed by atoms with Crippen molar-refractivity contribution in [2.45, 2.75) is 44.9 Å². The van der Waals surface area contributed by atoms with Crippen molar-refractivity contribution in [1.82, 2.24) is 9.80 Å². The van der Waals surface area contributed by atoms with E-state index in [1.807, 2.05) is 4.90 Å². The topological polar surface area (TPSA) is 60.9 Å². The number of hydrogen-bond donors (Lipinski definition) is 1. The molecule has 0 aromatic heterocycles. The molecule has 1 saturated heterocycles. The summed E-state index contributed by atoms with van der Waals surface area (Å²) in [6.45, 7) is 1.98. The van der Waals surface area contributed by atoms with Gasteiger partial charge < -0.3 is 14.9 Å². The van der Waals surface area contributed by atoms with Crippen LogP contribution in [0.3, 0.4) is 0 Å². The third-order valence-electron chi connectivity index (χ3n) is 4.61. The molecule has 0 atom stereocenters. The van der Waals surface area contributed by atoms with Gasteiger partial charge in [-0.2, -0.15) is 0 Å². The SMILES string of the molecule is CN(CCC(=O)O)C(=O)N1CCC2(CCCCC2)C1. The Labute approximate surface area is 114 Å². The van der Waals surface area contributed by atoms with Crippen molar-refractivity contribution in [3.05, 3.63) is 0 Å². The monoisotopic (exact) mass is 268 g/mol. The van der Waals surface area contributed by atoms with Crippen LogP contribution in [0.1, 0.15) is 44.9 Å². The number of carboxylic acid groups (broad SMARTS) is 1. The van der Waals surface area contributed by atoms with Gasteiger partial charge in [-0.15, -0.1) is 0 Å². The van der Waals surface area contributed by atoms with Gasteiger partial charge in [-0.3, -0.25) is 4.79 Å². The summed E-state index contributed by atoms with van der Waals surface area (Å²) in [7, 11) is 1.69. The first-order valence-corrected chi connectivity index (χ1v) is 7.24. The minimum Gasteiger partial charge on any atom is -0.481 e. The van der Waals surface area contributed by atoms with Crippen LogP contribution >= 0.6 is 0 Å². The van der Waals surface area contributed by atoms with Gasteiger partial charge in [0.1, 0.15) is 0 Å². The maximum atomic E-state index is 12.2. The van der Waals surface area contributed by atoms with Crippen LogP contribution in [0, 0.1) is 5.41 Å². The molecule has 5 nitrogen and oxygen atoms in total. The molecule has 19 heavy (non-hydrogen) atoms. The summed E-state index contributed by atoms with van der Waals surface area (Å²) >= 11 is 0. The lowest BCUT2D eigenvalue weighted by Gasteiger charge is -2.33. The second kappa shape index (κ2) is 5.80. The van der Waals surface area contributed by atoms with E-state index in [0.29, 0.717) is 5.41 Å². The Morgan fingerprint density at radius 2 is 1.89 bits per heavy atom. The summed E-state index contributed by atoms with van der Waals surface area (Å²) in [5, 5.41) is 8.66. The highest BCUT2D eigenvalue weighted by Gasteiger charge is 2.40. The number of carboxylic acids is 1. The molecule has 1 aliphatic carbocycles. The zero-order valence-corrected chi connectivity index (χ0v) is 11.7. The van der Waals surface area contributed by atoms with E-state index in [4.69, 9.17) is 5.11 Å². The quantitative estimate of drug-likeness (QED) is 0.853. The normalized spacial score (nSPS) is 21.6. The van der Waals surface area contributed by atoms with E-state index in [1.54, 1.807) is 7.05 Å². The van der Waals surface area contributed by atoms with Gasteiger partial charge in [-0.05, 0) is 24.7 Å². The van der Waals surface area contributed by atoms with Crippen molar-refractivity contribution in [1.29, 1.82) is 0 Å². The molecule has 1 aliphatic heterocycles. The smallest absolute Gasteiger partial charge is 0.319 e. The van der Waals surface area contributed by atoms with Crippen LogP contribution in [-0.4, -0.2) is 53.6 Å². The second-order valence-corrected chi connectivity index (χ2v) is 6.08. The van der Waals surface area contributed by atoms with Crippen LogP contribution in [0.15, 0.2) is 0 Å². The van der Waals surface area contributed by atoms with Crippen molar-refractivity contribution in [3.63, 3.8) is 0 Å². The van der Waals surface area contributed by atoms with E-state index >= 15 is 0 Å². The molecule has 0 bridgehead atoms. The van der Waals surface area contributed by atoms with Gasteiger partial charge in [0.15, 0.2) is 0 Å². The van der Waals surface area contributed by atoms with E-state index in [-0.39, 0.29) is 19.0 Å². The molecule has 2 aliphatic rings. The summed E-state index contributed by atoms with van der Waals surface area (Å²) in [5.74, 6) is -0.857. The number of likely N-dealkylation sites (tertiary alicyclic amines) is 1. The van der Waals surface area contributed by atoms with Crippen LogP contribution in [0.25, 0.3) is 0 Å². The van der Waals surface area contributed by atoms with Gasteiger partial charge in [0.25, 0.3) is 0 Å². The van der Waals surface area contributed by atoms with Gasteiger partial charge in [0.05, 0.1) is 6.42 Å². The first-order chi connectivity index (χ1) is 9.02. The predicted octanol–water partition coefficient (Wildman–Crippen LogP) is 2.17. The summed E-state index contributed by atoms with van der Waals surface area (Å²) < 4.78 is 0. The van der Waals surface area contributed by atoms with Crippen molar-refractivity contribution in [2.75, 3.05) is 26.7 Å². The molecule has 2 fully saturated rings. The molecule has 1 N–H and O–H groups in total. The number of urea groups is 1. The molecule has 1 heterocycles. The van der Waals surface area contributed by atoms with E-state index < -0.39 is 5.97 Å². The van der Waals surface area contributed by atoms with Gasteiger partial charge in [0.2, 0.25) is 0 Å². The third kappa shape index (κ3) is 3.39. The van der Waals surface area contributed by atoms with Gasteiger partial charge in [-0.1, -0.05) is 19.3 Å². The van der Waals surface area contributed by atoms with Crippen molar-refractivity contribution in [3.8, 4) is 0 Å². The molecule has 2 rings (SSSR count). The lowest BCUT2D eigenvalue weighted by atomic mass is 9.73. The number of nitrogens with zero attached hydrogens (tertiary/aromatic N) is 2. The first-order valence-electron chi connectivity index (χ1n) is 7.24. The van der Waals surface area contributed by atoms with E-state index in [1.165, 1.54) is 37.0 Å². The highest BCUT2D eigenvalue weighted by molar-refractivity contribution is 5.75. The highest BCUT2D eigenvalue weighted by Crippen LogP contribution is 2.43. The molecule has 0 aromatic rings. The standard InChI is InChI=1S/C14H24N2O3/c1-15(9-5-12(17)18)13(19)16-10-8-14(11-16)6-3-2-4-7-14/h2-11H2,1H3,(H,17,18). The Hall–Kier alpha value is -1.26. The number of rotatable bonds is 3. The molecular formula is C14H24N2O3. The molecule has 108 valence electrons. The predicted molar refractivity (Wildman–Crippen MR) is 72.0 cm³/mol. The maximum Gasteiger partial charge on any atom is 0.319 e. The van der Waals surface area contributed by atoms with Crippen LogP contribution < -0.4 is 0 Å². The Morgan fingerprint density at radius 3 is 2.53 bits per heavy atom. The van der Waals surface area contributed by atoms with Gasteiger partial charge in [0, 0.05) is 26.7 Å². The molecule has 0 unspecified atom stereocenters. The number of hydrogen-bond acceptors (Lipinski definition) is 2. The highest BCUT2D eigenvalue weighted by atomic mass is 16.4. The number of amides is 2. The Morgan fingerprint density at radius 1 is 1.21 bits per heavy atom. The summed E-state index contributed by atoms with van der Waals surface area (Å²) in [5.41, 5.74) is 0.363. The largest absolute Gasteiger partial charge is 0.481 e. The molecule has 2 amide bonds. The Kier molecular flexibility index (Phi) is 4.32. The van der Waals surface area contributed by atoms with Crippen molar-refractivity contribution in [2.24, 2.45) is 5.41 Å². The minimum atomic E-state index is -0.857. The van der Waals surface area contributed by atoms with Crippen LogP contribution in [0.4, 0.5) is 4.79 Å². The van der Waals surface area contributed by atoms with Crippen LogP contribution in [0.5, 0.6) is 0 Å². The summed E-state index contributed by atoms with van der Waals surface area (Å²) in [6.07, 6.45) is 7.53. The zero-order valence-electron chi connectivity index (χ0n) is 11.7. The van der Waals surface area contributed by atoms with E-state index in [2.05, 4.69) is 0 Å². The average Bonchev–Trinajstić information content (AvgIpc) is 2.79. The lowest BCUT2D eigenvalue weighted by molar-refractivity contribution is -0.137. The lowest BCUT2D eigenvalue weighted by Crippen LogP contribution is -2.42. The second-order valence-electron chi connectivity index (χ2n) is 6.08. The van der Waals surface area contributed by atoms with Crippen LogP contribution in [-0.2, 0) is 4.79 Å². The number of carbonyl (C=O) groups excluding carboxylic acids is 1. The molecular weight excluding hydrogens is 244 g/mol. The molecule has 1 saturated carbocycles. The van der Waals surface area contributed by atoms with Gasteiger partial charge in [-0.25, -0.2) is 4.79 Å². The summed E-state index contributed by atoms with van der Waals surface area (Å²) in [4.78, 5) is 26.2. The first kappa shape index (κ1) is 14.2. The van der Waals surface area contributed by atoms with Gasteiger partial charge >= 0.3 is 12.0 Å².